The maximum absolute atomic E-state index is 12.4. The van der Waals surface area contributed by atoms with Gasteiger partial charge in [-0.25, -0.2) is 0 Å². The highest BCUT2D eigenvalue weighted by Gasteiger charge is 2.15. The van der Waals surface area contributed by atoms with Crippen LogP contribution < -0.4 is 15.0 Å². The molecule has 140 valence electrons. The number of anilines is 1. The van der Waals surface area contributed by atoms with Gasteiger partial charge in [-0.05, 0) is 30.0 Å². The molecule has 2 aromatic rings. The molecule has 0 aromatic heterocycles. The molecule has 0 bridgehead atoms. The Bertz CT molecular complexity index is 718. The van der Waals surface area contributed by atoms with E-state index in [1.807, 2.05) is 38.2 Å². The van der Waals surface area contributed by atoms with E-state index in [4.69, 9.17) is 4.74 Å². The lowest BCUT2D eigenvalue weighted by molar-refractivity contribution is -0.885. The second-order valence-corrected chi connectivity index (χ2v) is 7.73. The average molecular weight is 356 g/mol. The Balaban J connectivity index is 1.91. The third-order valence-corrected chi connectivity index (χ3v) is 4.25. The Morgan fingerprint density at radius 2 is 1.73 bits per heavy atom. The number of hydrogen-bond acceptors (Lipinski definition) is 2. The van der Waals surface area contributed by atoms with Crippen molar-refractivity contribution < 1.29 is 14.4 Å². The third kappa shape index (κ3) is 5.88. The summed E-state index contributed by atoms with van der Waals surface area (Å²) in [6, 6.07) is 16.2. The third-order valence-electron chi connectivity index (χ3n) is 4.25. The van der Waals surface area contributed by atoms with Crippen LogP contribution in [0.4, 0.5) is 5.69 Å². The van der Waals surface area contributed by atoms with Gasteiger partial charge in [0.15, 0.2) is 6.54 Å². The molecule has 1 atom stereocenters. The van der Waals surface area contributed by atoms with Gasteiger partial charge in [0.05, 0.1) is 19.3 Å². The lowest BCUT2D eigenvalue weighted by Crippen LogP contribution is -3.08. The maximum atomic E-state index is 12.4. The Labute approximate surface area is 157 Å². The van der Waals surface area contributed by atoms with Gasteiger partial charge in [-0.3, -0.25) is 4.79 Å². The molecule has 0 saturated carbocycles. The van der Waals surface area contributed by atoms with E-state index in [-0.39, 0.29) is 11.3 Å². The maximum Gasteiger partial charge on any atom is 0.279 e. The zero-order chi connectivity index (χ0) is 19.2. The van der Waals surface area contributed by atoms with Crippen LogP contribution in [0.1, 0.15) is 38.8 Å². The SMILES string of the molecule is CCOc1ccccc1NC(=O)C[NH+](C)Cc1ccc(C(C)(C)C)cc1. The van der Waals surface area contributed by atoms with Crippen LogP contribution in [0.5, 0.6) is 5.75 Å². The van der Waals surface area contributed by atoms with E-state index in [0.29, 0.717) is 18.9 Å². The first-order valence-corrected chi connectivity index (χ1v) is 9.22. The molecule has 2 N–H and O–H groups in total. The summed E-state index contributed by atoms with van der Waals surface area (Å²) in [5.41, 5.74) is 3.44. The molecule has 0 aliphatic heterocycles. The summed E-state index contributed by atoms with van der Waals surface area (Å²) >= 11 is 0. The zero-order valence-corrected chi connectivity index (χ0v) is 16.6. The fraction of sp³-hybridized carbons (Fsp3) is 0.409. The first-order valence-electron chi connectivity index (χ1n) is 9.22. The summed E-state index contributed by atoms with van der Waals surface area (Å²) in [4.78, 5) is 13.5. The minimum atomic E-state index is -0.0130. The summed E-state index contributed by atoms with van der Waals surface area (Å²) in [6.45, 7) is 10.4. The van der Waals surface area contributed by atoms with E-state index in [1.165, 1.54) is 11.1 Å². The van der Waals surface area contributed by atoms with Crippen molar-refractivity contribution >= 4 is 11.6 Å². The molecule has 0 fully saturated rings. The van der Waals surface area contributed by atoms with Crippen molar-refractivity contribution in [3.05, 3.63) is 59.7 Å². The Morgan fingerprint density at radius 1 is 1.08 bits per heavy atom. The summed E-state index contributed by atoms with van der Waals surface area (Å²) in [5, 5.41) is 2.96. The van der Waals surface area contributed by atoms with Crippen molar-refractivity contribution in [2.75, 3.05) is 25.5 Å². The van der Waals surface area contributed by atoms with Gasteiger partial charge in [0.1, 0.15) is 12.3 Å². The van der Waals surface area contributed by atoms with Crippen LogP contribution in [-0.2, 0) is 16.8 Å². The molecule has 2 rings (SSSR count). The van der Waals surface area contributed by atoms with Gasteiger partial charge in [-0.1, -0.05) is 57.2 Å². The van der Waals surface area contributed by atoms with E-state index in [9.17, 15) is 4.79 Å². The number of quaternary nitrogens is 1. The molecule has 0 saturated heterocycles. The van der Waals surface area contributed by atoms with Crippen molar-refractivity contribution in [1.82, 2.24) is 0 Å². The average Bonchev–Trinajstić information content (AvgIpc) is 2.56. The predicted molar refractivity (Wildman–Crippen MR) is 107 cm³/mol. The largest absolute Gasteiger partial charge is 0.492 e. The van der Waals surface area contributed by atoms with Crippen LogP contribution in [0.3, 0.4) is 0 Å². The summed E-state index contributed by atoms with van der Waals surface area (Å²) in [6.07, 6.45) is 0. The van der Waals surface area contributed by atoms with E-state index >= 15 is 0 Å². The van der Waals surface area contributed by atoms with Gasteiger partial charge in [-0.15, -0.1) is 0 Å². The lowest BCUT2D eigenvalue weighted by Gasteiger charge is -2.20. The lowest BCUT2D eigenvalue weighted by atomic mass is 9.87. The standard InChI is InChI=1S/C22H30N2O2/c1-6-26-20-10-8-7-9-19(20)23-21(25)16-24(5)15-17-11-13-18(14-12-17)22(2,3)4/h7-14H,6,15-16H2,1-5H3,(H,23,25)/p+1. The molecule has 0 aliphatic rings. The summed E-state index contributed by atoms with van der Waals surface area (Å²) in [5.74, 6) is 0.694. The first-order chi connectivity index (χ1) is 12.3. The fourth-order valence-electron chi connectivity index (χ4n) is 2.85. The van der Waals surface area contributed by atoms with Gasteiger partial charge < -0.3 is 15.0 Å². The molecule has 26 heavy (non-hydrogen) atoms. The van der Waals surface area contributed by atoms with Crippen molar-refractivity contribution in [2.24, 2.45) is 0 Å². The highest BCUT2D eigenvalue weighted by molar-refractivity contribution is 5.92. The molecular weight excluding hydrogens is 324 g/mol. The number of hydrogen-bond donors (Lipinski definition) is 2. The molecule has 0 radical (unpaired) electrons. The number of rotatable bonds is 7. The molecule has 0 heterocycles. The number of amides is 1. The fourth-order valence-corrected chi connectivity index (χ4v) is 2.85. The number of para-hydroxylation sites is 2. The number of carbonyl (C=O) groups is 1. The molecule has 1 unspecified atom stereocenters. The van der Waals surface area contributed by atoms with Crippen LogP contribution in [0.2, 0.25) is 0 Å². The minimum Gasteiger partial charge on any atom is -0.492 e. The van der Waals surface area contributed by atoms with Crippen LogP contribution >= 0.6 is 0 Å². The molecule has 0 aliphatic carbocycles. The Hall–Kier alpha value is -2.33. The van der Waals surface area contributed by atoms with Crippen molar-refractivity contribution in [3.8, 4) is 5.75 Å². The van der Waals surface area contributed by atoms with Crippen molar-refractivity contribution in [3.63, 3.8) is 0 Å². The highest BCUT2D eigenvalue weighted by Crippen LogP contribution is 2.23. The molecular formula is C22H31N2O2+. The van der Waals surface area contributed by atoms with Gasteiger partial charge in [0.25, 0.3) is 5.91 Å². The van der Waals surface area contributed by atoms with Crippen LogP contribution in [0.25, 0.3) is 0 Å². The van der Waals surface area contributed by atoms with Crippen LogP contribution in [-0.4, -0.2) is 26.1 Å². The van der Waals surface area contributed by atoms with Gasteiger partial charge in [0.2, 0.25) is 0 Å². The second kappa shape index (κ2) is 8.86. The summed E-state index contributed by atoms with van der Waals surface area (Å²) in [7, 11) is 2.03. The van der Waals surface area contributed by atoms with E-state index in [0.717, 1.165) is 17.1 Å². The topological polar surface area (TPSA) is 42.8 Å². The van der Waals surface area contributed by atoms with E-state index in [2.05, 4.69) is 50.4 Å². The van der Waals surface area contributed by atoms with Gasteiger partial charge in [0, 0.05) is 5.56 Å². The van der Waals surface area contributed by atoms with Gasteiger partial charge in [-0.2, -0.15) is 0 Å². The van der Waals surface area contributed by atoms with Crippen molar-refractivity contribution in [2.45, 2.75) is 39.7 Å². The van der Waals surface area contributed by atoms with Crippen molar-refractivity contribution in [1.29, 1.82) is 0 Å². The smallest absolute Gasteiger partial charge is 0.279 e. The molecule has 1 amide bonds. The predicted octanol–water partition coefficient (Wildman–Crippen LogP) is 3.04. The Kier molecular flexibility index (Phi) is 6.81. The number of benzene rings is 2. The quantitative estimate of drug-likeness (QED) is 0.802. The van der Waals surface area contributed by atoms with Crippen LogP contribution in [0, 0.1) is 0 Å². The summed E-state index contributed by atoms with van der Waals surface area (Å²) < 4.78 is 5.56. The normalized spacial score (nSPS) is 12.5. The number of likely N-dealkylation sites (N-methyl/N-ethyl adjacent to an activating group) is 1. The first kappa shape index (κ1) is 20.0. The van der Waals surface area contributed by atoms with E-state index in [1.54, 1.807) is 0 Å². The number of ether oxygens (including phenoxy) is 1. The highest BCUT2D eigenvalue weighted by atomic mass is 16.5. The van der Waals surface area contributed by atoms with Crippen LogP contribution in [0.15, 0.2) is 48.5 Å². The zero-order valence-electron chi connectivity index (χ0n) is 16.6. The monoisotopic (exact) mass is 355 g/mol. The second-order valence-electron chi connectivity index (χ2n) is 7.73. The minimum absolute atomic E-state index is 0.0130. The molecule has 4 nitrogen and oxygen atoms in total. The van der Waals surface area contributed by atoms with Gasteiger partial charge >= 0.3 is 0 Å². The molecule has 2 aromatic carbocycles. The Morgan fingerprint density at radius 3 is 2.35 bits per heavy atom. The van der Waals surface area contributed by atoms with E-state index < -0.39 is 0 Å². The number of carbonyl (C=O) groups excluding carboxylic acids is 1. The number of nitrogens with one attached hydrogen (secondary N) is 2. The molecule has 0 spiro atoms. The molecule has 4 heteroatoms.